The summed E-state index contributed by atoms with van der Waals surface area (Å²) in [5.41, 5.74) is 0.521. The first-order valence-corrected chi connectivity index (χ1v) is 9.25. The van der Waals surface area contributed by atoms with E-state index in [1.165, 1.54) is 18.2 Å². The summed E-state index contributed by atoms with van der Waals surface area (Å²) in [7, 11) is -3.86. The van der Waals surface area contributed by atoms with Gasteiger partial charge in [-0.05, 0) is 36.4 Å². The molecule has 0 unspecified atom stereocenters. The smallest absolute Gasteiger partial charge is 0.241 e. The first kappa shape index (κ1) is 17.5. The van der Waals surface area contributed by atoms with Crippen LogP contribution in [0.25, 0.3) is 0 Å². The highest BCUT2D eigenvalue weighted by atomic mass is 35.5. The van der Waals surface area contributed by atoms with Crippen molar-refractivity contribution < 1.29 is 22.7 Å². The molecule has 1 aliphatic heterocycles. The molecule has 7 nitrogen and oxygen atoms in total. The summed E-state index contributed by atoms with van der Waals surface area (Å²) >= 11 is 5.76. The summed E-state index contributed by atoms with van der Waals surface area (Å²) < 4.78 is 37.6. The van der Waals surface area contributed by atoms with Crippen molar-refractivity contribution in [3.8, 4) is 11.5 Å². The number of halogens is 1. The normalized spacial score (nSPS) is 13.3. The van der Waals surface area contributed by atoms with E-state index < -0.39 is 22.5 Å². The zero-order chi connectivity index (χ0) is 17.9. The molecule has 25 heavy (non-hydrogen) atoms. The fourth-order valence-electron chi connectivity index (χ4n) is 2.17. The van der Waals surface area contributed by atoms with Crippen LogP contribution in [0.1, 0.15) is 0 Å². The molecule has 0 aromatic heterocycles. The van der Waals surface area contributed by atoms with E-state index in [0.717, 1.165) is 0 Å². The lowest BCUT2D eigenvalue weighted by Gasteiger charge is -2.18. The number of amides is 1. The summed E-state index contributed by atoms with van der Waals surface area (Å²) in [4.78, 5) is 11.9. The molecule has 0 spiro atoms. The highest BCUT2D eigenvalue weighted by Crippen LogP contribution is 2.32. The van der Waals surface area contributed by atoms with Gasteiger partial charge >= 0.3 is 0 Å². The third-order valence-electron chi connectivity index (χ3n) is 3.37. The Morgan fingerprint density at radius 1 is 1.04 bits per heavy atom. The quantitative estimate of drug-likeness (QED) is 0.825. The Morgan fingerprint density at radius 3 is 2.44 bits per heavy atom. The number of fused-ring (bicyclic) bond motifs is 1. The van der Waals surface area contributed by atoms with Crippen molar-refractivity contribution in [1.82, 2.24) is 4.72 Å². The van der Waals surface area contributed by atoms with Crippen LogP contribution in [0.4, 0.5) is 5.69 Å². The Morgan fingerprint density at radius 2 is 1.72 bits per heavy atom. The molecule has 0 fully saturated rings. The van der Waals surface area contributed by atoms with Gasteiger partial charge in [-0.3, -0.25) is 4.79 Å². The van der Waals surface area contributed by atoms with E-state index >= 15 is 0 Å². The number of hydrogen-bond acceptors (Lipinski definition) is 5. The molecule has 1 aliphatic rings. The molecule has 0 bridgehead atoms. The van der Waals surface area contributed by atoms with Gasteiger partial charge in [-0.15, -0.1) is 0 Å². The number of hydrogen-bond donors (Lipinski definition) is 2. The summed E-state index contributed by atoms with van der Waals surface area (Å²) in [6.45, 7) is 0.370. The standard InChI is InChI=1S/C16H15ClN2O5S/c17-11-1-3-12(4-2-11)19-16(20)10-18-25(21,22)13-5-6-14-15(9-13)24-8-7-23-14/h1-6,9,18H,7-8,10H2,(H,19,20). The second-order valence-corrected chi connectivity index (χ2v) is 7.39. The molecular weight excluding hydrogens is 368 g/mol. The maximum Gasteiger partial charge on any atom is 0.241 e. The Bertz CT molecular complexity index is 884. The van der Waals surface area contributed by atoms with Crippen LogP contribution in [0.5, 0.6) is 11.5 Å². The minimum Gasteiger partial charge on any atom is -0.486 e. The lowest BCUT2D eigenvalue weighted by atomic mass is 10.3. The number of carbonyl (C=O) groups excluding carboxylic acids is 1. The van der Waals surface area contributed by atoms with Gasteiger partial charge in [-0.25, -0.2) is 13.1 Å². The van der Waals surface area contributed by atoms with E-state index in [4.69, 9.17) is 21.1 Å². The van der Waals surface area contributed by atoms with Gasteiger partial charge in [0.1, 0.15) is 13.2 Å². The molecule has 3 rings (SSSR count). The summed E-state index contributed by atoms with van der Waals surface area (Å²) in [6.07, 6.45) is 0. The van der Waals surface area contributed by atoms with Crippen molar-refractivity contribution in [2.24, 2.45) is 0 Å². The van der Waals surface area contributed by atoms with Gasteiger partial charge < -0.3 is 14.8 Å². The minimum atomic E-state index is -3.86. The van der Waals surface area contributed by atoms with E-state index in [1.807, 2.05) is 0 Å². The fraction of sp³-hybridized carbons (Fsp3) is 0.188. The summed E-state index contributed by atoms with van der Waals surface area (Å²) in [5.74, 6) is 0.355. The number of anilines is 1. The van der Waals surface area contributed by atoms with Crippen molar-refractivity contribution in [2.45, 2.75) is 4.90 Å². The predicted molar refractivity (Wildman–Crippen MR) is 92.7 cm³/mol. The van der Waals surface area contributed by atoms with Gasteiger partial charge in [0.05, 0.1) is 11.4 Å². The average Bonchev–Trinajstić information content (AvgIpc) is 2.62. The first-order valence-electron chi connectivity index (χ1n) is 7.39. The van der Waals surface area contributed by atoms with Crippen LogP contribution >= 0.6 is 11.6 Å². The van der Waals surface area contributed by atoms with Gasteiger partial charge in [0, 0.05) is 16.8 Å². The Kier molecular flexibility index (Phi) is 5.12. The molecule has 0 aliphatic carbocycles. The van der Waals surface area contributed by atoms with E-state index in [0.29, 0.717) is 35.4 Å². The topological polar surface area (TPSA) is 93.7 Å². The summed E-state index contributed by atoms with van der Waals surface area (Å²) in [5, 5.41) is 3.11. The minimum absolute atomic E-state index is 0.00366. The van der Waals surface area contributed by atoms with Crippen LogP contribution in [0.2, 0.25) is 5.02 Å². The maximum atomic E-state index is 12.3. The Hall–Kier alpha value is -2.29. The molecule has 9 heteroatoms. The van der Waals surface area contributed by atoms with Crippen molar-refractivity contribution in [3.63, 3.8) is 0 Å². The fourth-order valence-corrected chi connectivity index (χ4v) is 3.30. The zero-order valence-electron chi connectivity index (χ0n) is 13.0. The molecule has 0 saturated carbocycles. The SMILES string of the molecule is O=C(CNS(=O)(=O)c1ccc2c(c1)OCCO2)Nc1ccc(Cl)cc1. The van der Waals surface area contributed by atoms with Crippen LogP contribution < -0.4 is 19.5 Å². The second-order valence-electron chi connectivity index (χ2n) is 5.19. The van der Waals surface area contributed by atoms with Crippen molar-refractivity contribution in [1.29, 1.82) is 0 Å². The average molecular weight is 383 g/mol. The van der Waals surface area contributed by atoms with Gasteiger partial charge in [0.15, 0.2) is 11.5 Å². The van der Waals surface area contributed by atoms with Crippen LogP contribution in [0.15, 0.2) is 47.4 Å². The molecule has 2 aromatic carbocycles. The number of ether oxygens (including phenoxy) is 2. The van der Waals surface area contributed by atoms with Gasteiger partial charge in [0.25, 0.3) is 0 Å². The van der Waals surface area contributed by atoms with E-state index in [1.54, 1.807) is 24.3 Å². The monoisotopic (exact) mass is 382 g/mol. The van der Waals surface area contributed by atoms with Crippen molar-refractivity contribution >= 4 is 33.2 Å². The molecular formula is C16H15ClN2O5S. The summed E-state index contributed by atoms with van der Waals surface area (Å²) in [6, 6.07) is 10.8. The molecule has 0 saturated heterocycles. The maximum absolute atomic E-state index is 12.3. The predicted octanol–water partition coefficient (Wildman–Crippen LogP) is 2.03. The molecule has 0 atom stereocenters. The highest BCUT2D eigenvalue weighted by molar-refractivity contribution is 7.89. The van der Waals surface area contributed by atoms with E-state index in [2.05, 4.69) is 10.0 Å². The largest absolute Gasteiger partial charge is 0.486 e. The lowest BCUT2D eigenvalue weighted by molar-refractivity contribution is -0.115. The van der Waals surface area contributed by atoms with E-state index in [-0.39, 0.29) is 4.90 Å². The van der Waals surface area contributed by atoms with Gasteiger partial charge in [-0.2, -0.15) is 0 Å². The van der Waals surface area contributed by atoms with Crippen LogP contribution in [0, 0.1) is 0 Å². The Labute approximate surface area is 149 Å². The Balaban J connectivity index is 1.63. The third-order valence-corrected chi connectivity index (χ3v) is 5.03. The zero-order valence-corrected chi connectivity index (χ0v) is 14.6. The second kappa shape index (κ2) is 7.30. The molecule has 2 aromatic rings. The number of carbonyl (C=O) groups is 1. The number of sulfonamides is 1. The number of nitrogens with one attached hydrogen (secondary N) is 2. The van der Waals surface area contributed by atoms with Crippen molar-refractivity contribution in [3.05, 3.63) is 47.5 Å². The molecule has 1 amide bonds. The number of rotatable bonds is 5. The lowest BCUT2D eigenvalue weighted by Crippen LogP contribution is -2.33. The van der Waals surface area contributed by atoms with Crippen LogP contribution in [-0.2, 0) is 14.8 Å². The van der Waals surface area contributed by atoms with Gasteiger partial charge in [0.2, 0.25) is 15.9 Å². The highest BCUT2D eigenvalue weighted by Gasteiger charge is 2.20. The number of benzene rings is 2. The first-order chi connectivity index (χ1) is 11.9. The van der Waals surface area contributed by atoms with Crippen LogP contribution in [-0.4, -0.2) is 34.1 Å². The third kappa shape index (κ3) is 4.41. The molecule has 1 heterocycles. The molecule has 0 radical (unpaired) electrons. The molecule has 132 valence electrons. The van der Waals surface area contributed by atoms with Crippen LogP contribution in [0.3, 0.4) is 0 Å². The van der Waals surface area contributed by atoms with Crippen molar-refractivity contribution in [2.75, 3.05) is 25.1 Å². The molecule has 2 N–H and O–H groups in total. The van der Waals surface area contributed by atoms with E-state index in [9.17, 15) is 13.2 Å². The van der Waals surface area contributed by atoms with Gasteiger partial charge in [-0.1, -0.05) is 11.6 Å².